The van der Waals surface area contributed by atoms with Crippen LogP contribution in [0.3, 0.4) is 0 Å². The van der Waals surface area contributed by atoms with Crippen LogP contribution in [-0.2, 0) is 0 Å². The number of rotatable bonds is 8. The van der Waals surface area contributed by atoms with E-state index in [4.69, 9.17) is 5.73 Å². The molecule has 0 bridgehead atoms. The van der Waals surface area contributed by atoms with Gasteiger partial charge in [-0.1, -0.05) is 97.1 Å². The fraction of sp³-hybridized carbons (Fsp3) is 0.0345. The average Bonchev–Trinajstić information content (AvgIpc) is 2.94. The summed E-state index contributed by atoms with van der Waals surface area (Å²) in [6.45, 7) is 0. The van der Waals surface area contributed by atoms with E-state index >= 15 is 0 Å². The molecule has 0 fully saturated rings. The maximum Gasteiger partial charge on any atom is 0.173 e. The summed E-state index contributed by atoms with van der Waals surface area (Å²) in [4.78, 5) is 8.93. The molecule has 5 rings (SSSR count). The maximum absolute atomic E-state index is 6.62. The molecular weight excluding hydrogens is 432 g/mol. The molecule has 35 heavy (non-hydrogen) atoms. The molecule has 0 spiro atoms. The molecule has 6 nitrogen and oxygen atoms in total. The van der Waals surface area contributed by atoms with Gasteiger partial charge in [0.15, 0.2) is 11.6 Å². The number of nitrogens with one attached hydrogen (secondary N) is 2. The van der Waals surface area contributed by atoms with Crippen molar-refractivity contribution in [2.45, 2.75) is 6.04 Å². The smallest absolute Gasteiger partial charge is 0.173 e. The largest absolute Gasteiger partial charge is 0.393 e. The number of hydrazine groups is 1. The van der Waals surface area contributed by atoms with Crippen LogP contribution in [0.1, 0.15) is 17.2 Å². The number of benzene rings is 4. The molecule has 0 aliphatic carbocycles. The highest BCUT2D eigenvalue weighted by atomic mass is 15.5. The molecule has 0 amide bonds. The minimum atomic E-state index is -0.123. The number of hydrogen-bond acceptors (Lipinski definition) is 6. The molecular formula is C29H26N6. The van der Waals surface area contributed by atoms with E-state index in [0.29, 0.717) is 17.3 Å². The monoisotopic (exact) mass is 458 g/mol. The third-order valence-corrected chi connectivity index (χ3v) is 5.68. The Labute approximate surface area is 205 Å². The van der Waals surface area contributed by atoms with Crippen molar-refractivity contribution in [3.8, 4) is 0 Å². The van der Waals surface area contributed by atoms with Crippen molar-refractivity contribution in [3.05, 3.63) is 139 Å². The molecule has 1 aromatic heterocycles. The SMILES string of the molecule is Nc1c(NC(c2ccccc2)c2ccccc2)ncnc1NN(c1ccccc1)c1ccccc1. The maximum atomic E-state index is 6.62. The van der Waals surface area contributed by atoms with Crippen LogP contribution in [0.5, 0.6) is 0 Å². The van der Waals surface area contributed by atoms with Gasteiger partial charge in [0.2, 0.25) is 0 Å². The number of nitrogens with zero attached hydrogens (tertiary/aromatic N) is 3. The van der Waals surface area contributed by atoms with Crippen LogP contribution in [0.2, 0.25) is 0 Å². The highest BCUT2D eigenvalue weighted by Gasteiger charge is 2.19. The first-order valence-corrected chi connectivity index (χ1v) is 11.4. The van der Waals surface area contributed by atoms with Gasteiger partial charge >= 0.3 is 0 Å². The van der Waals surface area contributed by atoms with Crippen molar-refractivity contribution in [3.63, 3.8) is 0 Å². The van der Waals surface area contributed by atoms with Crippen LogP contribution in [0.25, 0.3) is 0 Å². The minimum absolute atomic E-state index is 0.123. The van der Waals surface area contributed by atoms with Crippen molar-refractivity contribution >= 4 is 28.7 Å². The first kappa shape index (κ1) is 22.0. The lowest BCUT2D eigenvalue weighted by molar-refractivity contribution is 0.923. The van der Waals surface area contributed by atoms with Crippen LogP contribution >= 0.6 is 0 Å². The lowest BCUT2D eigenvalue weighted by atomic mass is 9.99. The predicted molar refractivity (Wildman–Crippen MR) is 143 cm³/mol. The fourth-order valence-electron chi connectivity index (χ4n) is 3.92. The van der Waals surface area contributed by atoms with E-state index in [1.54, 1.807) is 0 Å². The summed E-state index contributed by atoms with van der Waals surface area (Å²) in [7, 11) is 0. The highest BCUT2D eigenvalue weighted by Crippen LogP contribution is 2.32. The van der Waals surface area contributed by atoms with Crippen LogP contribution < -0.4 is 21.5 Å². The van der Waals surface area contributed by atoms with Crippen molar-refractivity contribution in [2.24, 2.45) is 0 Å². The molecule has 1 heterocycles. The molecule has 4 aromatic carbocycles. The quantitative estimate of drug-likeness (QED) is 0.233. The standard InChI is InChI=1S/C29H26N6/c30-26-28(33-27(22-13-5-1-6-14-22)23-15-7-2-8-16-23)31-21-32-29(26)34-35(24-17-9-3-10-18-24)25-19-11-4-12-20-25/h1-21,27H,30H2,(H2,31,32,33,34). The summed E-state index contributed by atoms with van der Waals surface area (Å²) in [5.41, 5.74) is 14.6. The average molecular weight is 459 g/mol. The topological polar surface area (TPSA) is 79.1 Å². The Hall–Kier alpha value is -4.84. The van der Waals surface area contributed by atoms with Gasteiger partial charge in [-0.05, 0) is 35.4 Å². The van der Waals surface area contributed by atoms with E-state index in [2.05, 4.69) is 45.0 Å². The molecule has 6 heteroatoms. The van der Waals surface area contributed by atoms with Crippen molar-refractivity contribution < 1.29 is 0 Å². The molecule has 172 valence electrons. The van der Waals surface area contributed by atoms with Crippen molar-refractivity contribution in [1.29, 1.82) is 0 Å². The van der Waals surface area contributed by atoms with Gasteiger partial charge in [-0.3, -0.25) is 10.4 Å². The summed E-state index contributed by atoms with van der Waals surface area (Å²) in [6.07, 6.45) is 1.52. The highest BCUT2D eigenvalue weighted by molar-refractivity contribution is 5.78. The molecule has 0 radical (unpaired) electrons. The lowest BCUT2D eigenvalue weighted by Gasteiger charge is -2.27. The number of anilines is 5. The number of hydrogen-bond donors (Lipinski definition) is 3. The van der Waals surface area contributed by atoms with Crippen molar-refractivity contribution in [2.75, 3.05) is 21.5 Å². The second-order valence-electron chi connectivity index (χ2n) is 8.00. The molecule has 0 saturated carbocycles. The van der Waals surface area contributed by atoms with E-state index < -0.39 is 0 Å². The van der Waals surface area contributed by atoms with Crippen LogP contribution in [0.4, 0.5) is 28.7 Å². The van der Waals surface area contributed by atoms with Gasteiger partial charge in [-0.15, -0.1) is 0 Å². The zero-order valence-electron chi connectivity index (χ0n) is 19.1. The number of nitrogen functional groups attached to an aromatic ring is 1. The first-order valence-electron chi connectivity index (χ1n) is 11.4. The third kappa shape index (κ3) is 5.07. The molecule has 0 unspecified atom stereocenters. The van der Waals surface area contributed by atoms with Gasteiger partial charge in [-0.25, -0.2) is 9.97 Å². The molecule has 0 atom stereocenters. The summed E-state index contributed by atoms with van der Waals surface area (Å²) >= 11 is 0. The Morgan fingerprint density at radius 2 is 1.00 bits per heavy atom. The molecule has 0 aliphatic heterocycles. The van der Waals surface area contributed by atoms with Crippen LogP contribution in [-0.4, -0.2) is 9.97 Å². The first-order chi connectivity index (χ1) is 17.3. The second-order valence-corrected chi connectivity index (χ2v) is 8.00. The van der Waals surface area contributed by atoms with E-state index in [-0.39, 0.29) is 6.04 Å². The van der Waals surface area contributed by atoms with Gasteiger partial charge in [0.25, 0.3) is 0 Å². The Morgan fingerprint density at radius 1 is 0.571 bits per heavy atom. The Balaban J connectivity index is 1.49. The Morgan fingerprint density at radius 3 is 1.49 bits per heavy atom. The molecule has 0 aliphatic rings. The fourth-order valence-corrected chi connectivity index (χ4v) is 3.92. The van der Waals surface area contributed by atoms with Crippen LogP contribution in [0.15, 0.2) is 128 Å². The molecule has 4 N–H and O–H groups in total. The number of nitrogens with two attached hydrogens (primary N) is 1. The summed E-state index contributed by atoms with van der Waals surface area (Å²) in [5.74, 6) is 1.07. The predicted octanol–water partition coefficient (Wildman–Crippen LogP) is 6.43. The van der Waals surface area contributed by atoms with Crippen LogP contribution in [0, 0.1) is 0 Å². The molecule has 5 aromatic rings. The van der Waals surface area contributed by atoms with E-state index in [1.807, 2.05) is 102 Å². The Bertz CT molecular complexity index is 1160. The normalized spacial score (nSPS) is 10.7. The van der Waals surface area contributed by atoms with Gasteiger partial charge in [-0.2, -0.15) is 0 Å². The van der Waals surface area contributed by atoms with Crippen molar-refractivity contribution in [1.82, 2.24) is 9.97 Å². The lowest BCUT2D eigenvalue weighted by Crippen LogP contribution is -2.26. The molecule has 0 saturated heterocycles. The van der Waals surface area contributed by atoms with Gasteiger partial charge in [0.1, 0.15) is 12.0 Å². The summed E-state index contributed by atoms with van der Waals surface area (Å²) in [6, 6.07) is 40.4. The zero-order valence-corrected chi connectivity index (χ0v) is 19.1. The van der Waals surface area contributed by atoms with Gasteiger partial charge in [0, 0.05) is 0 Å². The number of aromatic nitrogens is 2. The number of para-hydroxylation sites is 2. The van der Waals surface area contributed by atoms with Gasteiger partial charge in [0.05, 0.1) is 17.4 Å². The zero-order chi connectivity index (χ0) is 23.9. The van der Waals surface area contributed by atoms with Gasteiger partial charge < -0.3 is 11.1 Å². The Kier molecular flexibility index (Phi) is 6.53. The van der Waals surface area contributed by atoms with E-state index in [9.17, 15) is 0 Å². The second kappa shape index (κ2) is 10.4. The summed E-state index contributed by atoms with van der Waals surface area (Å²) < 4.78 is 0. The summed E-state index contributed by atoms with van der Waals surface area (Å²) in [5, 5.41) is 5.49. The third-order valence-electron chi connectivity index (χ3n) is 5.68. The minimum Gasteiger partial charge on any atom is -0.393 e. The van der Waals surface area contributed by atoms with E-state index in [1.165, 1.54) is 6.33 Å². The van der Waals surface area contributed by atoms with E-state index in [0.717, 1.165) is 22.5 Å².